The Balaban J connectivity index is 1.88. The van der Waals surface area contributed by atoms with Gasteiger partial charge in [0.15, 0.2) is 0 Å². The molecule has 1 heterocycles. The van der Waals surface area contributed by atoms with Crippen LogP contribution in [0.5, 0.6) is 5.75 Å². The molecule has 2 aromatic carbocycles. The number of hydrogen-bond acceptors (Lipinski definition) is 4. The van der Waals surface area contributed by atoms with Crippen molar-refractivity contribution in [2.75, 3.05) is 7.11 Å². The van der Waals surface area contributed by atoms with Crippen LogP contribution >= 0.6 is 0 Å². The zero-order valence-corrected chi connectivity index (χ0v) is 15.3. The second-order valence-electron chi connectivity index (χ2n) is 7.25. The Morgan fingerprint density at radius 2 is 1.74 bits per heavy atom. The predicted molar refractivity (Wildman–Crippen MR) is 98.4 cm³/mol. The van der Waals surface area contributed by atoms with Gasteiger partial charge in [0.25, 0.3) is 5.91 Å². The van der Waals surface area contributed by atoms with Crippen molar-refractivity contribution in [3.05, 3.63) is 65.2 Å². The molecule has 0 unspecified atom stereocenters. The van der Waals surface area contributed by atoms with E-state index in [0.29, 0.717) is 16.9 Å². The van der Waals surface area contributed by atoms with Gasteiger partial charge in [0.2, 0.25) is 0 Å². The van der Waals surface area contributed by atoms with Crippen molar-refractivity contribution >= 4 is 11.9 Å². The van der Waals surface area contributed by atoms with Crippen molar-refractivity contribution in [3.8, 4) is 5.75 Å². The van der Waals surface area contributed by atoms with Crippen molar-refractivity contribution in [3.63, 3.8) is 0 Å². The quantitative estimate of drug-likeness (QED) is 0.836. The second-order valence-corrected chi connectivity index (χ2v) is 7.25. The summed E-state index contributed by atoms with van der Waals surface area (Å²) in [5.41, 5.74) is 1.81. The maximum absolute atomic E-state index is 13.4. The number of methoxy groups -OCH3 is 1. The standard InChI is InChI=1S/C22H23NO4/c1-27-16-12-10-14(11-13-16)20-19(22(25)26)17-8-4-5-9-18(17)21(24)23(20)15-6-2-3-7-15/h4-5,8-13,15,19-20H,2-3,6-7H2,1H3,(H,25,26)/p-1/t19-,20-/m0/s1. The smallest absolute Gasteiger partial charge is 0.254 e. The first kappa shape index (κ1) is 17.6. The summed E-state index contributed by atoms with van der Waals surface area (Å²) in [6, 6.07) is 13.8. The van der Waals surface area contributed by atoms with Crippen LogP contribution < -0.4 is 9.84 Å². The van der Waals surface area contributed by atoms with E-state index in [-0.39, 0.29) is 11.9 Å². The molecule has 27 heavy (non-hydrogen) atoms. The number of rotatable bonds is 4. The first-order valence-electron chi connectivity index (χ1n) is 9.38. The molecular weight excluding hydrogens is 342 g/mol. The fourth-order valence-electron chi connectivity index (χ4n) is 4.54. The van der Waals surface area contributed by atoms with Crippen LogP contribution in [0.15, 0.2) is 48.5 Å². The lowest BCUT2D eigenvalue weighted by Crippen LogP contribution is -2.51. The number of fused-ring (bicyclic) bond motifs is 1. The number of carbonyl (C=O) groups excluding carboxylic acids is 2. The molecule has 0 radical (unpaired) electrons. The summed E-state index contributed by atoms with van der Waals surface area (Å²) in [6.45, 7) is 0. The topological polar surface area (TPSA) is 69.7 Å². The third-order valence-electron chi connectivity index (χ3n) is 5.81. The molecule has 1 saturated carbocycles. The van der Waals surface area contributed by atoms with Crippen LogP contribution in [-0.4, -0.2) is 29.9 Å². The minimum absolute atomic E-state index is 0.0554. The largest absolute Gasteiger partial charge is 0.549 e. The van der Waals surface area contributed by atoms with Gasteiger partial charge in [-0.25, -0.2) is 0 Å². The number of amides is 1. The molecule has 1 aliphatic carbocycles. The summed E-state index contributed by atoms with van der Waals surface area (Å²) >= 11 is 0. The third kappa shape index (κ3) is 2.97. The highest BCUT2D eigenvalue weighted by Gasteiger charge is 2.44. The Labute approximate surface area is 158 Å². The molecule has 1 amide bonds. The van der Waals surface area contributed by atoms with Crippen LogP contribution in [0.1, 0.15) is 59.1 Å². The maximum Gasteiger partial charge on any atom is 0.254 e. The van der Waals surface area contributed by atoms with E-state index in [4.69, 9.17) is 4.74 Å². The van der Waals surface area contributed by atoms with Crippen LogP contribution in [0.3, 0.4) is 0 Å². The Morgan fingerprint density at radius 1 is 1.07 bits per heavy atom. The molecule has 0 aromatic heterocycles. The normalized spacial score (nSPS) is 22.6. The zero-order chi connectivity index (χ0) is 19.0. The summed E-state index contributed by atoms with van der Waals surface area (Å²) in [5.74, 6) is -1.44. The number of hydrogen-bond donors (Lipinski definition) is 0. The summed E-state index contributed by atoms with van der Waals surface area (Å²) in [6.07, 6.45) is 3.92. The second kappa shape index (κ2) is 7.06. The van der Waals surface area contributed by atoms with Gasteiger partial charge < -0.3 is 19.5 Å². The van der Waals surface area contributed by atoms with Crippen molar-refractivity contribution in [2.45, 2.75) is 43.7 Å². The number of carbonyl (C=O) groups is 2. The van der Waals surface area contributed by atoms with E-state index in [0.717, 1.165) is 31.2 Å². The summed E-state index contributed by atoms with van der Waals surface area (Å²) in [5, 5.41) is 12.2. The molecule has 0 spiro atoms. The van der Waals surface area contributed by atoms with Gasteiger partial charge in [0, 0.05) is 17.5 Å². The molecule has 4 rings (SSSR count). The lowest BCUT2D eigenvalue weighted by molar-refractivity contribution is -0.309. The van der Waals surface area contributed by atoms with Gasteiger partial charge in [-0.1, -0.05) is 43.2 Å². The lowest BCUT2D eigenvalue weighted by Gasteiger charge is -2.46. The van der Waals surface area contributed by atoms with Crippen molar-refractivity contribution in [2.24, 2.45) is 0 Å². The zero-order valence-electron chi connectivity index (χ0n) is 15.3. The van der Waals surface area contributed by atoms with Gasteiger partial charge in [-0.05, 0) is 42.2 Å². The van der Waals surface area contributed by atoms with Crippen LogP contribution in [0.2, 0.25) is 0 Å². The molecule has 2 aromatic rings. The fourth-order valence-corrected chi connectivity index (χ4v) is 4.54. The number of nitrogens with zero attached hydrogens (tertiary/aromatic N) is 1. The minimum atomic E-state index is -1.15. The average Bonchev–Trinajstić information content (AvgIpc) is 3.22. The molecule has 5 nitrogen and oxygen atoms in total. The molecule has 140 valence electrons. The molecule has 5 heteroatoms. The minimum Gasteiger partial charge on any atom is -0.549 e. The van der Waals surface area contributed by atoms with E-state index in [9.17, 15) is 14.7 Å². The Morgan fingerprint density at radius 3 is 2.37 bits per heavy atom. The Bertz CT molecular complexity index is 855. The Kier molecular flexibility index (Phi) is 4.60. The van der Waals surface area contributed by atoms with Crippen LogP contribution in [0, 0.1) is 0 Å². The van der Waals surface area contributed by atoms with Crippen molar-refractivity contribution in [1.82, 2.24) is 4.90 Å². The maximum atomic E-state index is 13.4. The van der Waals surface area contributed by atoms with Gasteiger partial charge in [0.05, 0.1) is 19.1 Å². The highest BCUT2D eigenvalue weighted by molar-refractivity contribution is 6.00. The molecule has 0 saturated heterocycles. The monoisotopic (exact) mass is 364 g/mol. The number of aliphatic carboxylic acids is 1. The Hall–Kier alpha value is -2.82. The first-order valence-corrected chi connectivity index (χ1v) is 9.38. The highest BCUT2D eigenvalue weighted by atomic mass is 16.5. The molecule has 0 bridgehead atoms. The lowest BCUT2D eigenvalue weighted by atomic mass is 9.79. The molecular formula is C22H22NO4-. The van der Waals surface area contributed by atoms with Crippen molar-refractivity contribution < 1.29 is 19.4 Å². The van der Waals surface area contributed by atoms with Gasteiger partial charge in [0.1, 0.15) is 5.75 Å². The highest BCUT2D eigenvalue weighted by Crippen LogP contribution is 2.45. The first-order chi connectivity index (χ1) is 13.1. The van der Waals surface area contributed by atoms with Crippen LogP contribution in [0.4, 0.5) is 0 Å². The summed E-state index contributed by atoms with van der Waals surface area (Å²) in [7, 11) is 1.59. The SMILES string of the molecule is COc1ccc([C@H]2[C@@H](C(=O)[O-])c3ccccc3C(=O)N2C2CCCC2)cc1. The summed E-state index contributed by atoms with van der Waals surface area (Å²) < 4.78 is 5.23. The molecule has 2 aliphatic rings. The predicted octanol–water partition coefficient (Wildman–Crippen LogP) is 2.67. The number of benzene rings is 2. The third-order valence-corrected chi connectivity index (χ3v) is 5.81. The summed E-state index contributed by atoms with van der Waals surface area (Å²) in [4.78, 5) is 27.4. The van der Waals surface area contributed by atoms with Gasteiger partial charge >= 0.3 is 0 Å². The molecule has 2 atom stereocenters. The molecule has 0 N–H and O–H groups in total. The molecule has 1 aliphatic heterocycles. The van der Waals surface area contributed by atoms with E-state index in [1.54, 1.807) is 48.4 Å². The van der Waals surface area contributed by atoms with Crippen LogP contribution in [-0.2, 0) is 4.79 Å². The van der Waals surface area contributed by atoms with E-state index < -0.39 is 17.9 Å². The van der Waals surface area contributed by atoms with E-state index in [1.165, 1.54) is 0 Å². The number of carboxylic acid groups (broad SMARTS) is 1. The average molecular weight is 364 g/mol. The van der Waals surface area contributed by atoms with E-state index in [1.807, 2.05) is 12.1 Å². The molecule has 1 fully saturated rings. The number of carboxylic acids is 1. The van der Waals surface area contributed by atoms with Crippen LogP contribution in [0.25, 0.3) is 0 Å². The van der Waals surface area contributed by atoms with Gasteiger partial charge in [-0.2, -0.15) is 0 Å². The van der Waals surface area contributed by atoms with Gasteiger partial charge in [-0.3, -0.25) is 4.79 Å². The van der Waals surface area contributed by atoms with E-state index >= 15 is 0 Å². The van der Waals surface area contributed by atoms with Crippen molar-refractivity contribution in [1.29, 1.82) is 0 Å². The fraction of sp³-hybridized carbons (Fsp3) is 0.364. The number of ether oxygens (including phenoxy) is 1. The van der Waals surface area contributed by atoms with Gasteiger partial charge in [-0.15, -0.1) is 0 Å². The van der Waals surface area contributed by atoms with E-state index in [2.05, 4.69) is 0 Å².